The van der Waals surface area contributed by atoms with Crippen molar-refractivity contribution in [3.8, 4) is 0 Å². The summed E-state index contributed by atoms with van der Waals surface area (Å²) in [5, 5.41) is 0. The SMILES string of the molecule is C=C/C(=C1/C=CCC=C/C1=C/N)C(C)C. The van der Waals surface area contributed by atoms with Crippen LogP contribution in [0.15, 0.2) is 59.9 Å². The van der Waals surface area contributed by atoms with E-state index in [0.29, 0.717) is 5.92 Å². The van der Waals surface area contributed by atoms with Gasteiger partial charge < -0.3 is 5.73 Å². The van der Waals surface area contributed by atoms with Crippen LogP contribution in [0.1, 0.15) is 20.3 Å². The van der Waals surface area contributed by atoms with E-state index in [-0.39, 0.29) is 0 Å². The van der Waals surface area contributed by atoms with Crippen molar-refractivity contribution in [3.05, 3.63) is 59.9 Å². The zero-order valence-electron chi connectivity index (χ0n) is 9.53. The minimum Gasteiger partial charge on any atom is -0.404 e. The first-order valence-corrected chi connectivity index (χ1v) is 5.32. The Morgan fingerprint density at radius 2 is 2.07 bits per heavy atom. The average Bonchev–Trinajstić information content (AvgIpc) is 2.44. The van der Waals surface area contributed by atoms with Gasteiger partial charge >= 0.3 is 0 Å². The van der Waals surface area contributed by atoms with Gasteiger partial charge in [-0.05, 0) is 29.1 Å². The lowest BCUT2D eigenvalue weighted by atomic mass is 9.93. The molecule has 2 N–H and O–H groups in total. The summed E-state index contributed by atoms with van der Waals surface area (Å²) < 4.78 is 0. The van der Waals surface area contributed by atoms with Gasteiger partial charge in [0.05, 0.1) is 0 Å². The molecular weight excluding hydrogens is 182 g/mol. The maximum Gasteiger partial charge on any atom is 0.00175 e. The zero-order valence-corrected chi connectivity index (χ0v) is 9.53. The van der Waals surface area contributed by atoms with E-state index in [1.165, 1.54) is 11.1 Å². The Hall–Kier alpha value is -1.50. The number of hydrogen-bond donors (Lipinski definition) is 1. The zero-order chi connectivity index (χ0) is 11.3. The van der Waals surface area contributed by atoms with Crippen LogP contribution in [0.5, 0.6) is 0 Å². The molecule has 0 aliphatic heterocycles. The molecular formula is C14H19N. The molecule has 1 nitrogen and oxygen atoms in total. The van der Waals surface area contributed by atoms with Crippen LogP contribution < -0.4 is 5.73 Å². The molecule has 0 saturated heterocycles. The summed E-state index contributed by atoms with van der Waals surface area (Å²) in [6, 6.07) is 0. The molecule has 0 atom stereocenters. The maximum atomic E-state index is 5.64. The van der Waals surface area contributed by atoms with E-state index in [4.69, 9.17) is 5.73 Å². The van der Waals surface area contributed by atoms with Crippen molar-refractivity contribution >= 4 is 0 Å². The number of allylic oxidation sites excluding steroid dienone is 8. The van der Waals surface area contributed by atoms with Crippen molar-refractivity contribution in [1.29, 1.82) is 0 Å². The van der Waals surface area contributed by atoms with Crippen LogP contribution in [0.3, 0.4) is 0 Å². The van der Waals surface area contributed by atoms with E-state index in [1.807, 2.05) is 6.08 Å². The van der Waals surface area contributed by atoms with Gasteiger partial charge in [-0.15, -0.1) is 0 Å². The molecule has 15 heavy (non-hydrogen) atoms. The first kappa shape index (κ1) is 11.6. The summed E-state index contributed by atoms with van der Waals surface area (Å²) in [6.07, 6.45) is 13.0. The highest BCUT2D eigenvalue weighted by molar-refractivity contribution is 5.53. The molecule has 1 aliphatic rings. The molecule has 1 aliphatic carbocycles. The van der Waals surface area contributed by atoms with Gasteiger partial charge in [0.25, 0.3) is 0 Å². The third-order valence-corrected chi connectivity index (χ3v) is 2.50. The van der Waals surface area contributed by atoms with Crippen molar-refractivity contribution in [3.63, 3.8) is 0 Å². The van der Waals surface area contributed by atoms with Crippen LogP contribution >= 0.6 is 0 Å². The van der Waals surface area contributed by atoms with Crippen molar-refractivity contribution < 1.29 is 0 Å². The molecule has 0 unspecified atom stereocenters. The second-order valence-corrected chi connectivity index (χ2v) is 3.89. The minimum absolute atomic E-state index is 0.462. The Morgan fingerprint density at radius 1 is 1.40 bits per heavy atom. The van der Waals surface area contributed by atoms with Crippen molar-refractivity contribution in [2.24, 2.45) is 11.7 Å². The Labute approximate surface area is 92.4 Å². The molecule has 0 heterocycles. The highest BCUT2D eigenvalue weighted by Gasteiger charge is 2.09. The molecule has 0 aromatic rings. The topological polar surface area (TPSA) is 26.0 Å². The van der Waals surface area contributed by atoms with Crippen molar-refractivity contribution in [2.45, 2.75) is 20.3 Å². The molecule has 1 heteroatoms. The molecule has 1 rings (SSSR count). The van der Waals surface area contributed by atoms with Crippen molar-refractivity contribution in [2.75, 3.05) is 0 Å². The van der Waals surface area contributed by atoms with E-state index in [0.717, 1.165) is 12.0 Å². The average molecular weight is 201 g/mol. The molecule has 80 valence electrons. The van der Waals surface area contributed by atoms with Crippen molar-refractivity contribution in [1.82, 2.24) is 0 Å². The molecule has 0 fully saturated rings. The molecule has 0 amide bonds. The predicted octanol–water partition coefficient (Wildman–Crippen LogP) is 3.48. The normalized spacial score (nSPS) is 21.9. The van der Waals surface area contributed by atoms with Gasteiger partial charge in [0.1, 0.15) is 0 Å². The van der Waals surface area contributed by atoms with Crippen LogP contribution in [-0.4, -0.2) is 0 Å². The Balaban J connectivity index is 3.29. The molecule has 0 radical (unpaired) electrons. The lowest BCUT2D eigenvalue weighted by Crippen LogP contribution is -1.98. The molecule has 0 aromatic carbocycles. The summed E-state index contributed by atoms with van der Waals surface area (Å²) in [5.41, 5.74) is 9.15. The Bertz CT molecular complexity index is 352. The van der Waals surface area contributed by atoms with Gasteiger partial charge in [0, 0.05) is 6.20 Å². The summed E-state index contributed by atoms with van der Waals surface area (Å²) in [4.78, 5) is 0. The monoisotopic (exact) mass is 201 g/mol. The van der Waals surface area contributed by atoms with Gasteiger partial charge in [-0.1, -0.05) is 50.8 Å². The number of rotatable bonds is 2. The van der Waals surface area contributed by atoms with E-state index in [2.05, 4.69) is 44.7 Å². The standard InChI is InChI=1S/C14H19N/c1-4-13(11(2)3)14-9-7-5-6-8-12(14)10-15/h4,6-11H,1,5,15H2,2-3H3/b12-10-,14-13+. The smallest absolute Gasteiger partial charge is 0.00175 e. The summed E-state index contributed by atoms with van der Waals surface area (Å²) >= 11 is 0. The van der Waals surface area contributed by atoms with Gasteiger partial charge in [-0.3, -0.25) is 0 Å². The Morgan fingerprint density at radius 3 is 2.60 bits per heavy atom. The molecule has 0 spiro atoms. The van der Waals surface area contributed by atoms with Gasteiger partial charge in [-0.25, -0.2) is 0 Å². The fourth-order valence-electron chi connectivity index (χ4n) is 1.71. The lowest BCUT2D eigenvalue weighted by Gasteiger charge is -2.12. The Kier molecular flexibility index (Phi) is 4.17. The quantitative estimate of drug-likeness (QED) is 0.727. The van der Waals surface area contributed by atoms with Crippen LogP contribution in [0.4, 0.5) is 0 Å². The fourth-order valence-corrected chi connectivity index (χ4v) is 1.71. The van der Waals surface area contributed by atoms with E-state index in [1.54, 1.807) is 6.20 Å². The summed E-state index contributed by atoms with van der Waals surface area (Å²) in [6.45, 7) is 8.21. The van der Waals surface area contributed by atoms with Gasteiger partial charge in [-0.2, -0.15) is 0 Å². The fraction of sp³-hybridized carbons (Fsp3) is 0.286. The first-order valence-electron chi connectivity index (χ1n) is 5.32. The van der Waals surface area contributed by atoms with E-state index in [9.17, 15) is 0 Å². The largest absolute Gasteiger partial charge is 0.404 e. The lowest BCUT2D eigenvalue weighted by molar-refractivity contribution is 0.786. The minimum atomic E-state index is 0.462. The van der Waals surface area contributed by atoms with Crippen LogP contribution in [-0.2, 0) is 0 Å². The summed E-state index contributed by atoms with van der Waals surface area (Å²) in [5.74, 6) is 0.462. The summed E-state index contributed by atoms with van der Waals surface area (Å²) in [7, 11) is 0. The maximum absolute atomic E-state index is 5.64. The van der Waals surface area contributed by atoms with Crippen LogP contribution in [0, 0.1) is 5.92 Å². The second kappa shape index (κ2) is 5.40. The highest BCUT2D eigenvalue weighted by Crippen LogP contribution is 2.25. The van der Waals surface area contributed by atoms with Gasteiger partial charge in [0.15, 0.2) is 0 Å². The number of hydrogen-bond acceptors (Lipinski definition) is 1. The molecule has 0 bridgehead atoms. The molecule has 0 saturated carbocycles. The van der Waals surface area contributed by atoms with Crippen LogP contribution in [0.2, 0.25) is 0 Å². The second-order valence-electron chi connectivity index (χ2n) is 3.89. The predicted molar refractivity (Wildman–Crippen MR) is 67.2 cm³/mol. The van der Waals surface area contributed by atoms with E-state index >= 15 is 0 Å². The third-order valence-electron chi connectivity index (χ3n) is 2.50. The highest BCUT2D eigenvalue weighted by atomic mass is 14.5. The van der Waals surface area contributed by atoms with E-state index < -0.39 is 0 Å². The van der Waals surface area contributed by atoms with Gasteiger partial charge in [0.2, 0.25) is 0 Å². The molecule has 0 aromatic heterocycles. The third kappa shape index (κ3) is 2.72. The van der Waals surface area contributed by atoms with Crippen LogP contribution in [0.25, 0.3) is 0 Å². The first-order chi connectivity index (χ1) is 7.20. The number of nitrogens with two attached hydrogens (primary N) is 1.